The molecule has 4 aromatic rings. The van der Waals surface area contributed by atoms with Crippen molar-refractivity contribution in [1.29, 1.82) is 0 Å². The van der Waals surface area contributed by atoms with Gasteiger partial charge in [-0.25, -0.2) is 4.98 Å². The van der Waals surface area contributed by atoms with E-state index in [0.29, 0.717) is 13.0 Å². The molecular weight excluding hydrogens is 414 g/mol. The number of nitrogens with zero attached hydrogens (tertiary/aromatic N) is 3. The molecule has 0 saturated carbocycles. The van der Waals surface area contributed by atoms with E-state index in [2.05, 4.69) is 69.0 Å². The quantitative estimate of drug-likeness (QED) is 0.350. The molecule has 0 bridgehead atoms. The summed E-state index contributed by atoms with van der Waals surface area (Å²) in [6, 6.07) is 18.7. The van der Waals surface area contributed by atoms with Gasteiger partial charge in [0.2, 0.25) is 0 Å². The molecule has 4 nitrogen and oxygen atoms in total. The molecule has 0 aliphatic heterocycles. The molecule has 2 heterocycles. The second kappa shape index (κ2) is 9.80. The second-order valence-corrected chi connectivity index (χ2v) is 9.46. The monoisotopic (exact) mass is 445 g/mol. The Morgan fingerprint density at radius 2 is 1.66 bits per heavy atom. The van der Waals surface area contributed by atoms with Crippen molar-refractivity contribution in [3.63, 3.8) is 0 Å². The zero-order chi connectivity index (χ0) is 22.7. The molecule has 32 heavy (non-hydrogen) atoms. The SMILES string of the molecule is CCN(CC)CCn1c(Cc2ccccc2)nc2sc(C)c(-c3ccc(C)cc3)c2c1=O. The van der Waals surface area contributed by atoms with Crippen LogP contribution in [0.3, 0.4) is 0 Å². The Balaban J connectivity index is 1.87. The van der Waals surface area contributed by atoms with E-state index in [1.165, 1.54) is 11.1 Å². The Kier molecular flexibility index (Phi) is 6.87. The number of fused-ring (bicyclic) bond motifs is 1. The number of thiophene rings is 1. The normalized spacial score (nSPS) is 11.5. The molecule has 0 N–H and O–H groups in total. The van der Waals surface area contributed by atoms with Gasteiger partial charge in [0, 0.05) is 30.0 Å². The Labute approximate surface area is 194 Å². The summed E-state index contributed by atoms with van der Waals surface area (Å²) in [6.07, 6.45) is 0.654. The predicted molar refractivity (Wildman–Crippen MR) is 136 cm³/mol. The number of benzene rings is 2. The smallest absolute Gasteiger partial charge is 0.262 e. The first-order valence-corrected chi connectivity index (χ1v) is 12.2. The van der Waals surface area contributed by atoms with Crippen LogP contribution >= 0.6 is 11.3 Å². The van der Waals surface area contributed by atoms with Gasteiger partial charge in [0.1, 0.15) is 10.7 Å². The number of hydrogen-bond acceptors (Lipinski definition) is 4. The molecule has 2 aromatic heterocycles. The highest BCUT2D eigenvalue weighted by Crippen LogP contribution is 2.36. The molecule has 0 fully saturated rings. The first-order valence-electron chi connectivity index (χ1n) is 11.4. The maximum atomic E-state index is 13.9. The molecule has 0 saturated heterocycles. The van der Waals surface area contributed by atoms with Gasteiger partial charge >= 0.3 is 0 Å². The maximum absolute atomic E-state index is 13.9. The summed E-state index contributed by atoms with van der Waals surface area (Å²) in [5, 5.41) is 0.757. The van der Waals surface area contributed by atoms with Crippen molar-refractivity contribution in [2.45, 2.75) is 40.7 Å². The molecule has 4 rings (SSSR count). The van der Waals surface area contributed by atoms with Gasteiger partial charge in [-0.3, -0.25) is 9.36 Å². The topological polar surface area (TPSA) is 38.1 Å². The van der Waals surface area contributed by atoms with Crippen LogP contribution in [0.4, 0.5) is 0 Å². The van der Waals surface area contributed by atoms with Crippen LogP contribution < -0.4 is 5.56 Å². The van der Waals surface area contributed by atoms with Crippen molar-refractivity contribution in [1.82, 2.24) is 14.5 Å². The number of rotatable bonds is 8. The fourth-order valence-electron chi connectivity index (χ4n) is 4.23. The average Bonchev–Trinajstić information content (AvgIpc) is 3.13. The largest absolute Gasteiger partial charge is 0.302 e. The minimum Gasteiger partial charge on any atom is -0.302 e. The molecule has 0 aliphatic carbocycles. The highest BCUT2D eigenvalue weighted by molar-refractivity contribution is 7.19. The lowest BCUT2D eigenvalue weighted by atomic mass is 10.0. The van der Waals surface area contributed by atoms with E-state index < -0.39 is 0 Å². The van der Waals surface area contributed by atoms with E-state index in [4.69, 9.17) is 4.98 Å². The zero-order valence-corrected chi connectivity index (χ0v) is 20.2. The summed E-state index contributed by atoms with van der Waals surface area (Å²) in [5.74, 6) is 0.845. The first-order chi connectivity index (χ1) is 15.5. The second-order valence-electron chi connectivity index (χ2n) is 8.25. The predicted octanol–water partition coefficient (Wildman–Crippen LogP) is 5.67. The lowest BCUT2D eigenvalue weighted by Crippen LogP contribution is -2.33. The Hall–Kier alpha value is -2.76. The lowest BCUT2D eigenvalue weighted by molar-refractivity contribution is 0.287. The van der Waals surface area contributed by atoms with Crippen molar-refractivity contribution in [3.05, 3.63) is 86.8 Å². The van der Waals surface area contributed by atoms with E-state index in [-0.39, 0.29) is 5.56 Å². The van der Waals surface area contributed by atoms with E-state index in [0.717, 1.165) is 51.7 Å². The standard InChI is InChI=1S/C27H31N3OS/c1-5-29(6-2)16-17-30-23(18-21-10-8-7-9-11-21)28-26-25(27(30)31)24(20(4)32-26)22-14-12-19(3)13-15-22/h7-15H,5-6,16-18H2,1-4H3. The zero-order valence-electron chi connectivity index (χ0n) is 19.4. The van der Waals surface area contributed by atoms with Gasteiger partial charge < -0.3 is 4.90 Å². The van der Waals surface area contributed by atoms with Crippen molar-refractivity contribution >= 4 is 21.6 Å². The molecular formula is C27H31N3OS. The maximum Gasteiger partial charge on any atom is 0.262 e. The molecule has 2 aromatic carbocycles. The summed E-state index contributed by atoms with van der Waals surface area (Å²) in [4.78, 5) is 23.3. The van der Waals surface area contributed by atoms with Crippen LogP contribution in [-0.2, 0) is 13.0 Å². The van der Waals surface area contributed by atoms with E-state index >= 15 is 0 Å². The summed E-state index contributed by atoms with van der Waals surface area (Å²) in [7, 11) is 0. The van der Waals surface area contributed by atoms with Gasteiger partial charge in [-0.1, -0.05) is 74.0 Å². The van der Waals surface area contributed by atoms with Crippen LogP contribution in [0.1, 0.15) is 35.7 Å². The van der Waals surface area contributed by atoms with Gasteiger partial charge in [0.25, 0.3) is 5.56 Å². The fourth-order valence-corrected chi connectivity index (χ4v) is 5.28. The van der Waals surface area contributed by atoms with Crippen molar-refractivity contribution < 1.29 is 0 Å². The van der Waals surface area contributed by atoms with Gasteiger partial charge in [0.05, 0.1) is 5.39 Å². The molecule has 0 amide bonds. The average molecular weight is 446 g/mol. The van der Waals surface area contributed by atoms with E-state index in [9.17, 15) is 4.79 Å². The molecule has 0 atom stereocenters. The Morgan fingerprint density at radius 3 is 2.31 bits per heavy atom. The molecule has 0 spiro atoms. The van der Waals surface area contributed by atoms with Gasteiger partial charge in [-0.2, -0.15) is 0 Å². The third kappa shape index (κ3) is 4.54. The van der Waals surface area contributed by atoms with Crippen LogP contribution in [0.5, 0.6) is 0 Å². The van der Waals surface area contributed by atoms with Gasteiger partial charge in [-0.15, -0.1) is 11.3 Å². The van der Waals surface area contributed by atoms with Crippen LogP contribution in [0.2, 0.25) is 0 Å². The first kappa shape index (κ1) is 22.4. The number of hydrogen-bond donors (Lipinski definition) is 0. The number of likely N-dealkylation sites (N-methyl/N-ethyl adjacent to an activating group) is 1. The van der Waals surface area contributed by atoms with Crippen LogP contribution in [-0.4, -0.2) is 34.1 Å². The lowest BCUT2D eigenvalue weighted by Gasteiger charge is -2.20. The van der Waals surface area contributed by atoms with E-state index in [1.54, 1.807) is 11.3 Å². The van der Waals surface area contributed by atoms with Crippen molar-refractivity contribution in [2.24, 2.45) is 0 Å². The van der Waals surface area contributed by atoms with Gasteiger partial charge in [0.15, 0.2) is 0 Å². The summed E-state index contributed by atoms with van der Waals surface area (Å²) in [5.41, 5.74) is 4.58. The molecule has 0 unspecified atom stereocenters. The summed E-state index contributed by atoms with van der Waals surface area (Å²) in [6.45, 7) is 11.9. The molecule has 5 heteroatoms. The molecule has 166 valence electrons. The third-order valence-electron chi connectivity index (χ3n) is 6.15. The van der Waals surface area contributed by atoms with Crippen molar-refractivity contribution in [2.75, 3.05) is 19.6 Å². The van der Waals surface area contributed by atoms with Crippen LogP contribution in [0, 0.1) is 13.8 Å². The fraction of sp³-hybridized carbons (Fsp3) is 0.333. The highest BCUT2D eigenvalue weighted by Gasteiger charge is 2.20. The summed E-state index contributed by atoms with van der Waals surface area (Å²) < 4.78 is 1.91. The van der Waals surface area contributed by atoms with Crippen LogP contribution in [0.15, 0.2) is 59.4 Å². The molecule has 0 radical (unpaired) electrons. The third-order valence-corrected chi connectivity index (χ3v) is 7.15. The highest BCUT2D eigenvalue weighted by atomic mass is 32.1. The summed E-state index contributed by atoms with van der Waals surface area (Å²) >= 11 is 1.62. The number of aryl methyl sites for hydroxylation is 2. The van der Waals surface area contributed by atoms with Gasteiger partial charge in [-0.05, 0) is 38.1 Å². The van der Waals surface area contributed by atoms with E-state index in [1.807, 2.05) is 22.8 Å². The van der Waals surface area contributed by atoms with Crippen LogP contribution in [0.25, 0.3) is 21.3 Å². The minimum atomic E-state index is 0.0769. The van der Waals surface area contributed by atoms with Crippen molar-refractivity contribution in [3.8, 4) is 11.1 Å². The Bertz CT molecular complexity index is 1250. The minimum absolute atomic E-state index is 0.0769. The number of aromatic nitrogens is 2. The molecule has 0 aliphatic rings. The Morgan fingerprint density at radius 1 is 0.969 bits per heavy atom.